The van der Waals surface area contributed by atoms with E-state index in [-0.39, 0.29) is 18.2 Å². The van der Waals surface area contributed by atoms with Crippen molar-refractivity contribution in [1.82, 2.24) is 15.1 Å². The molecule has 6 nitrogen and oxygen atoms in total. The lowest BCUT2D eigenvalue weighted by Gasteiger charge is -2.35. The third-order valence-electron chi connectivity index (χ3n) is 5.31. The molecule has 1 aliphatic rings. The van der Waals surface area contributed by atoms with Gasteiger partial charge in [-0.2, -0.15) is 0 Å². The first kappa shape index (κ1) is 24.5. The number of amides is 1. The van der Waals surface area contributed by atoms with E-state index in [1.165, 1.54) is 12.8 Å². The van der Waals surface area contributed by atoms with E-state index in [1.807, 2.05) is 32.9 Å². The molecule has 30 heavy (non-hydrogen) atoms. The molecule has 2 atom stereocenters. The van der Waals surface area contributed by atoms with Crippen LogP contribution in [0.2, 0.25) is 0 Å². The average Bonchev–Trinajstić information content (AvgIpc) is 2.67. The Hall–Kier alpha value is -1.79. The molecule has 0 bridgehead atoms. The SMILES string of the molecule is CCCCC(C)Oc1ccc(C(CN2CCN(C)CC2)NC(=O)OC(C)(C)C)cc1. The lowest BCUT2D eigenvalue weighted by Crippen LogP contribution is -2.48. The van der Waals surface area contributed by atoms with Crippen molar-refractivity contribution in [2.45, 2.75) is 71.6 Å². The summed E-state index contributed by atoms with van der Waals surface area (Å²) in [6.07, 6.45) is 3.24. The number of hydrogen-bond donors (Lipinski definition) is 1. The van der Waals surface area contributed by atoms with E-state index in [2.05, 4.69) is 48.1 Å². The highest BCUT2D eigenvalue weighted by Crippen LogP contribution is 2.22. The molecule has 1 aromatic rings. The molecule has 0 aliphatic carbocycles. The smallest absolute Gasteiger partial charge is 0.408 e. The fourth-order valence-electron chi connectivity index (χ4n) is 3.53. The van der Waals surface area contributed by atoms with E-state index >= 15 is 0 Å². The van der Waals surface area contributed by atoms with Gasteiger partial charge in [0.25, 0.3) is 0 Å². The molecule has 170 valence electrons. The fourth-order valence-corrected chi connectivity index (χ4v) is 3.53. The maximum Gasteiger partial charge on any atom is 0.408 e. The third-order valence-corrected chi connectivity index (χ3v) is 5.31. The minimum atomic E-state index is -0.519. The van der Waals surface area contributed by atoms with Crippen LogP contribution in [0.1, 0.15) is 65.5 Å². The number of carbonyl (C=O) groups excluding carboxylic acids is 1. The van der Waals surface area contributed by atoms with Crippen LogP contribution in [-0.4, -0.2) is 67.4 Å². The second kappa shape index (κ2) is 11.6. The zero-order chi connectivity index (χ0) is 22.1. The number of ether oxygens (including phenoxy) is 2. The Morgan fingerprint density at radius 1 is 1.13 bits per heavy atom. The summed E-state index contributed by atoms with van der Waals surface area (Å²) in [5, 5.41) is 3.08. The van der Waals surface area contributed by atoms with Crippen molar-refractivity contribution in [3.8, 4) is 5.75 Å². The van der Waals surface area contributed by atoms with Crippen LogP contribution in [0.5, 0.6) is 5.75 Å². The van der Waals surface area contributed by atoms with Gasteiger partial charge in [0.2, 0.25) is 0 Å². The molecule has 1 heterocycles. The van der Waals surface area contributed by atoms with Crippen LogP contribution in [0.4, 0.5) is 4.79 Å². The molecular formula is C24H41N3O3. The number of alkyl carbamates (subject to hydrolysis) is 1. The highest BCUT2D eigenvalue weighted by Gasteiger charge is 2.24. The van der Waals surface area contributed by atoms with Gasteiger partial charge in [0.15, 0.2) is 0 Å². The van der Waals surface area contributed by atoms with Gasteiger partial charge in [-0.25, -0.2) is 4.79 Å². The highest BCUT2D eigenvalue weighted by atomic mass is 16.6. The number of likely N-dealkylation sites (N-methyl/N-ethyl adjacent to an activating group) is 1. The zero-order valence-corrected chi connectivity index (χ0v) is 19.7. The predicted octanol–water partition coefficient (Wildman–Crippen LogP) is 4.46. The van der Waals surface area contributed by atoms with Crippen LogP contribution in [0.25, 0.3) is 0 Å². The van der Waals surface area contributed by atoms with Crippen molar-refractivity contribution in [1.29, 1.82) is 0 Å². The van der Waals surface area contributed by atoms with E-state index in [9.17, 15) is 4.79 Å². The highest BCUT2D eigenvalue weighted by molar-refractivity contribution is 5.68. The van der Waals surface area contributed by atoms with E-state index in [0.29, 0.717) is 0 Å². The number of unbranched alkanes of at least 4 members (excludes halogenated alkanes) is 1. The van der Waals surface area contributed by atoms with E-state index < -0.39 is 5.60 Å². The van der Waals surface area contributed by atoms with Crippen LogP contribution in [-0.2, 0) is 4.74 Å². The maximum atomic E-state index is 12.5. The Labute approximate surface area is 182 Å². The van der Waals surface area contributed by atoms with Crippen LogP contribution in [0.15, 0.2) is 24.3 Å². The molecule has 1 aromatic carbocycles. The van der Waals surface area contributed by atoms with Gasteiger partial charge in [-0.05, 0) is 58.9 Å². The summed E-state index contributed by atoms with van der Waals surface area (Å²) >= 11 is 0. The number of nitrogens with one attached hydrogen (secondary N) is 1. The predicted molar refractivity (Wildman–Crippen MR) is 122 cm³/mol. The monoisotopic (exact) mass is 419 g/mol. The van der Waals surface area contributed by atoms with Gasteiger partial charge in [-0.15, -0.1) is 0 Å². The third kappa shape index (κ3) is 8.92. The summed E-state index contributed by atoms with van der Waals surface area (Å²) in [5.41, 5.74) is 0.544. The topological polar surface area (TPSA) is 54.0 Å². The molecule has 1 N–H and O–H groups in total. The molecule has 0 aromatic heterocycles. The normalized spacial score (nSPS) is 17.9. The van der Waals surface area contributed by atoms with E-state index in [1.54, 1.807) is 0 Å². The summed E-state index contributed by atoms with van der Waals surface area (Å²) in [5.74, 6) is 0.873. The molecule has 6 heteroatoms. The Bertz CT molecular complexity index is 634. The Kier molecular flexibility index (Phi) is 9.43. The number of rotatable bonds is 9. The lowest BCUT2D eigenvalue weighted by molar-refractivity contribution is 0.0481. The molecule has 1 aliphatic heterocycles. The van der Waals surface area contributed by atoms with E-state index in [4.69, 9.17) is 9.47 Å². The standard InChI is InChI=1S/C24H41N3O3/c1-7-8-9-19(2)29-21-12-10-20(11-13-21)22(25-23(28)30-24(3,4)5)18-27-16-14-26(6)15-17-27/h10-13,19,22H,7-9,14-18H2,1-6H3,(H,25,28). The zero-order valence-electron chi connectivity index (χ0n) is 19.7. The summed E-state index contributed by atoms with van der Waals surface area (Å²) in [6.45, 7) is 14.8. The first-order chi connectivity index (χ1) is 14.2. The Balaban J connectivity index is 2.05. The largest absolute Gasteiger partial charge is 0.491 e. The number of piperazine rings is 1. The number of nitrogens with zero attached hydrogens (tertiary/aromatic N) is 2. The van der Waals surface area contributed by atoms with Crippen molar-refractivity contribution < 1.29 is 14.3 Å². The molecule has 1 saturated heterocycles. The lowest BCUT2D eigenvalue weighted by atomic mass is 10.1. The minimum absolute atomic E-state index is 0.130. The van der Waals surface area contributed by atoms with Gasteiger partial charge in [0, 0.05) is 32.7 Å². The van der Waals surface area contributed by atoms with Gasteiger partial charge >= 0.3 is 6.09 Å². The number of carbonyl (C=O) groups is 1. The van der Waals surface area contributed by atoms with Gasteiger partial charge in [-0.1, -0.05) is 31.9 Å². The van der Waals surface area contributed by atoms with Crippen molar-refractivity contribution in [3.05, 3.63) is 29.8 Å². The summed E-state index contributed by atoms with van der Waals surface area (Å²) in [6, 6.07) is 7.99. The first-order valence-electron chi connectivity index (χ1n) is 11.3. The van der Waals surface area contributed by atoms with Gasteiger partial charge in [0.05, 0.1) is 12.1 Å². The van der Waals surface area contributed by atoms with Crippen LogP contribution in [0, 0.1) is 0 Å². The number of hydrogen-bond acceptors (Lipinski definition) is 5. The van der Waals surface area contributed by atoms with Crippen LogP contribution >= 0.6 is 0 Å². The van der Waals surface area contributed by atoms with Crippen molar-refractivity contribution >= 4 is 6.09 Å². The molecule has 1 amide bonds. The molecule has 1 fully saturated rings. The maximum absolute atomic E-state index is 12.5. The summed E-state index contributed by atoms with van der Waals surface area (Å²) < 4.78 is 11.5. The first-order valence-corrected chi connectivity index (χ1v) is 11.3. The van der Waals surface area contributed by atoms with Gasteiger partial charge in [0.1, 0.15) is 11.4 Å². The fraction of sp³-hybridized carbons (Fsp3) is 0.708. The van der Waals surface area contributed by atoms with Crippen molar-refractivity contribution in [3.63, 3.8) is 0 Å². The molecule has 0 saturated carbocycles. The average molecular weight is 420 g/mol. The second-order valence-electron chi connectivity index (χ2n) is 9.44. The van der Waals surface area contributed by atoms with Gasteiger partial charge in [-0.3, -0.25) is 4.90 Å². The Morgan fingerprint density at radius 3 is 2.33 bits per heavy atom. The molecule has 2 unspecified atom stereocenters. The van der Waals surface area contributed by atoms with E-state index in [0.717, 1.165) is 50.5 Å². The summed E-state index contributed by atoms with van der Waals surface area (Å²) in [7, 11) is 2.15. The quantitative estimate of drug-likeness (QED) is 0.641. The van der Waals surface area contributed by atoms with Crippen LogP contribution < -0.4 is 10.1 Å². The Morgan fingerprint density at radius 2 is 1.77 bits per heavy atom. The minimum Gasteiger partial charge on any atom is -0.491 e. The van der Waals surface area contributed by atoms with Crippen molar-refractivity contribution in [2.75, 3.05) is 39.8 Å². The van der Waals surface area contributed by atoms with Crippen LogP contribution in [0.3, 0.4) is 0 Å². The van der Waals surface area contributed by atoms with Crippen molar-refractivity contribution in [2.24, 2.45) is 0 Å². The molecule has 2 rings (SSSR count). The molecule has 0 radical (unpaired) electrons. The summed E-state index contributed by atoms with van der Waals surface area (Å²) in [4.78, 5) is 17.2. The molecular weight excluding hydrogens is 378 g/mol. The number of benzene rings is 1. The second-order valence-corrected chi connectivity index (χ2v) is 9.44. The van der Waals surface area contributed by atoms with Gasteiger partial charge < -0.3 is 19.7 Å². The molecule has 0 spiro atoms.